The maximum atomic E-state index is 15.1. The number of anilines is 1. The van der Waals surface area contributed by atoms with E-state index in [1.54, 1.807) is 94.5 Å². The summed E-state index contributed by atoms with van der Waals surface area (Å²) in [6.45, 7) is 11.5. The summed E-state index contributed by atoms with van der Waals surface area (Å²) >= 11 is 0. The van der Waals surface area contributed by atoms with Crippen LogP contribution in [-0.4, -0.2) is 181 Å². The summed E-state index contributed by atoms with van der Waals surface area (Å²) in [7, 11) is 7.42. The van der Waals surface area contributed by atoms with Gasteiger partial charge in [-0.3, -0.25) is 43.2 Å². The molecule has 0 aromatic heterocycles. The third-order valence-electron chi connectivity index (χ3n) is 16.4. The molecule has 3 aromatic carbocycles. The number of hydrogen-bond donors (Lipinski definition) is 2. The van der Waals surface area contributed by atoms with Crippen molar-refractivity contribution in [3.63, 3.8) is 0 Å². The zero-order valence-corrected chi connectivity index (χ0v) is 54.7. The number of amides is 7. The molecule has 0 radical (unpaired) electrons. The minimum atomic E-state index is -1.54. The Kier molecular flexibility index (Phi) is 25.4. The molecule has 7 amide bonds. The Hall–Kier alpha value is -8.63. The van der Waals surface area contributed by atoms with Gasteiger partial charge >= 0.3 is 17.9 Å². The second-order valence-corrected chi connectivity index (χ2v) is 25.6. The number of cyclic esters (lactones) is 2. The van der Waals surface area contributed by atoms with Gasteiger partial charge in [-0.15, -0.1) is 0 Å². The summed E-state index contributed by atoms with van der Waals surface area (Å²) in [6.07, 6.45) is 3.15. The molecule has 23 nitrogen and oxygen atoms in total. The zero-order chi connectivity index (χ0) is 66.9. The fraction of sp³-hybridized carbons (Fsp3) is 0.544. The fourth-order valence-corrected chi connectivity index (χ4v) is 11.3. The SMILES string of the molecule is COc1ccc(CC[C@H]2OC(=O)[C@@H]3CCCCN3C(=O)C(=O)C(C)(C)COC(=O)C=CCCN(C)C(=O)[C@H](CC(C)C)N(C)C(=O)[C@H]3CCCN3C(=O)[C@H](CC(=O)OC(C)(C)C)N(C)C(=O)C(c3ccccc3)NC(=O)CCC(=O)Nc3cccc2c3)cc1OC. The lowest BCUT2D eigenvalue weighted by Gasteiger charge is -2.37. The number of ketones is 1. The summed E-state index contributed by atoms with van der Waals surface area (Å²) in [5.41, 5.74) is -0.600. The van der Waals surface area contributed by atoms with E-state index in [1.807, 2.05) is 19.9 Å². The predicted molar refractivity (Wildman–Crippen MR) is 337 cm³/mol. The highest BCUT2D eigenvalue weighted by Gasteiger charge is 2.46. The minimum Gasteiger partial charge on any atom is -0.493 e. The largest absolute Gasteiger partial charge is 0.493 e. The summed E-state index contributed by atoms with van der Waals surface area (Å²) in [5.74, 6) is -7.03. The third kappa shape index (κ3) is 19.7. The first-order chi connectivity index (χ1) is 43.0. The molecular weight excluding hydrogens is 1170 g/mol. The molecule has 1 unspecified atom stereocenters. The molecule has 0 spiro atoms. The van der Waals surface area contributed by atoms with Gasteiger partial charge < -0.3 is 58.8 Å². The van der Waals surface area contributed by atoms with Gasteiger partial charge in [-0.05, 0) is 139 Å². The van der Waals surface area contributed by atoms with Crippen LogP contribution in [0.2, 0.25) is 0 Å². The number of fused-ring (bicyclic) bond motifs is 4. The average molecular weight is 1260 g/mol. The van der Waals surface area contributed by atoms with Crippen LogP contribution in [0.5, 0.6) is 11.5 Å². The number of esters is 3. The van der Waals surface area contributed by atoms with Crippen LogP contribution in [0.4, 0.5) is 5.69 Å². The molecule has 0 aliphatic carbocycles. The number of hydrogen-bond acceptors (Lipinski definition) is 16. The van der Waals surface area contributed by atoms with E-state index in [-0.39, 0.29) is 64.1 Å². The molecule has 494 valence electrons. The van der Waals surface area contributed by atoms with Crippen molar-refractivity contribution >= 4 is 70.7 Å². The van der Waals surface area contributed by atoms with Gasteiger partial charge in [-0.1, -0.05) is 68.5 Å². The van der Waals surface area contributed by atoms with Gasteiger partial charge in [0.1, 0.15) is 48.5 Å². The third-order valence-corrected chi connectivity index (χ3v) is 16.4. The molecular formula is C68H91N7O16. The second kappa shape index (κ2) is 32.4. The van der Waals surface area contributed by atoms with E-state index in [2.05, 4.69) is 10.6 Å². The lowest BCUT2D eigenvalue weighted by molar-refractivity contribution is -0.165. The van der Waals surface area contributed by atoms with Gasteiger partial charge in [-0.25, -0.2) is 9.59 Å². The van der Waals surface area contributed by atoms with Crippen molar-refractivity contribution in [2.24, 2.45) is 11.3 Å². The number of carbonyl (C=O) groups excluding carboxylic acids is 11. The molecule has 2 N–H and O–H groups in total. The Labute approximate surface area is 533 Å². The lowest BCUT2D eigenvalue weighted by Crippen LogP contribution is -2.58. The van der Waals surface area contributed by atoms with Gasteiger partial charge in [0.05, 0.1) is 26.1 Å². The van der Waals surface area contributed by atoms with Gasteiger partial charge in [-0.2, -0.15) is 0 Å². The molecule has 3 aromatic rings. The van der Waals surface area contributed by atoms with Crippen LogP contribution in [0.3, 0.4) is 0 Å². The molecule has 2 fully saturated rings. The number of piperidine rings is 1. The van der Waals surface area contributed by atoms with E-state index in [9.17, 15) is 47.9 Å². The smallest absolute Gasteiger partial charge is 0.330 e. The van der Waals surface area contributed by atoms with Gasteiger partial charge in [0.15, 0.2) is 11.5 Å². The Morgan fingerprint density at radius 3 is 2.04 bits per heavy atom. The van der Waals surface area contributed by atoms with Crippen LogP contribution in [0.25, 0.3) is 0 Å². The average Bonchev–Trinajstić information content (AvgIpc) is 1.95. The van der Waals surface area contributed by atoms with Crippen molar-refractivity contribution in [2.45, 2.75) is 167 Å². The van der Waals surface area contributed by atoms with Crippen molar-refractivity contribution in [1.82, 2.24) is 29.8 Å². The highest BCUT2D eigenvalue weighted by atomic mass is 16.6. The van der Waals surface area contributed by atoms with Crippen LogP contribution in [-0.2, 0) is 73.4 Å². The maximum Gasteiger partial charge on any atom is 0.330 e. The van der Waals surface area contributed by atoms with Gasteiger partial charge in [0.2, 0.25) is 41.2 Å². The van der Waals surface area contributed by atoms with E-state index in [4.69, 9.17) is 23.7 Å². The minimum absolute atomic E-state index is 0.0701. The number of benzene rings is 3. The summed E-state index contributed by atoms with van der Waals surface area (Å²) < 4.78 is 28.5. The molecule has 23 heteroatoms. The van der Waals surface area contributed by atoms with Gasteiger partial charge in [0, 0.05) is 65.4 Å². The molecule has 6 rings (SSSR count). The lowest BCUT2D eigenvalue weighted by atomic mass is 9.87. The number of aryl methyl sites for hydroxylation is 1. The number of carbonyl (C=O) groups is 11. The van der Waals surface area contributed by atoms with E-state index in [1.165, 1.54) is 67.8 Å². The van der Waals surface area contributed by atoms with Crippen molar-refractivity contribution in [2.75, 3.05) is 66.9 Å². The van der Waals surface area contributed by atoms with Crippen molar-refractivity contribution in [3.8, 4) is 11.5 Å². The van der Waals surface area contributed by atoms with Crippen LogP contribution >= 0.6 is 0 Å². The topological polar surface area (TPSA) is 274 Å². The quantitative estimate of drug-likeness (QED) is 0.119. The molecule has 3 heterocycles. The van der Waals surface area contributed by atoms with E-state index in [0.717, 1.165) is 16.5 Å². The second-order valence-electron chi connectivity index (χ2n) is 25.6. The molecule has 3 aliphatic heterocycles. The summed E-state index contributed by atoms with van der Waals surface area (Å²) in [5, 5.41) is 5.58. The standard InChI is InChI=1S/C68H91N7O16/c1-43(2)38-50-61(81)71(8)35-18-17-28-57(78)89-42-68(6,7)60(80)65(85)75-36-19-16-26-49(75)66(86)90-52(31-29-44-30-32-53(87-11)54(39-44)88-12)46-24-20-25-47(40-46)69-55(76)33-34-56(77)70-59(45-22-14-13-15-23-45)64(84)73(10)51(41-58(79)91-67(3,4)5)63(83)74-37-21-27-48(74)62(82)72(50)9/h13-15,17,20,22-25,28,30,32,39-40,43,48-52,59H,16,18-19,21,26-27,29,31,33-38,41-42H2,1-12H3,(H,69,76)(H,70,77)/t48-,49+,50+,51+,52-,59?/m1/s1. The number of nitrogens with one attached hydrogen (secondary N) is 2. The monoisotopic (exact) mass is 1260 g/mol. The maximum absolute atomic E-state index is 15.1. The van der Waals surface area contributed by atoms with Crippen LogP contribution < -0.4 is 20.1 Å². The first kappa shape index (κ1) is 71.4. The van der Waals surface area contributed by atoms with Crippen molar-refractivity contribution in [3.05, 3.63) is 102 Å². The number of methoxy groups -OCH3 is 2. The Morgan fingerprint density at radius 1 is 0.703 bits per heavy atom. The Morgan fingerprint density at radius 2 is 1.36 bits per heavy atom. The molecule has 0 saturated carbocycles. The first-order valence-electron chi connectivity index (χ1n) is 31.2. The Bertz CT molecular complexity index is 3160. The van der Waals surface area contributed by atoms with Crippen molar-refractivity contribution in [1.29, 1.82) is 0 Å². The number of nitrogens with zero attached hydrogens (tertiary/aromatic N) is 5. The van der Waals surface area contributed by atoms with E-state index in [0.29, 0.717) is 54.0 Å². The number of Topliss-reactive ketones (excluding diaryl/α,β-unsaturated/α-hetero) is 1. The number of ether oxygens (including phenoxy) is 5. The number of rotatable bonds is 10. The fourth-order valence-electron chi connectivity index (χ4n) is 11.3. The van der Waals surface area contributed by atoms with Crippen LogP contribution in [0, 0.1) is 11.3 Å². The highest BCUT2D eigenvalue weighted by molar-refractivity contribution is 6.38. The molecule has 3 aliphatic rings. The van der Waals surface area contributed by atoms with Crippen LogP contribution in [0.1, 0.15) is 148 Å². The molecule has 2 saturated heterocycles. The van der Waals surface area contributed by atoms with Crippen molar-refractivity contribution < 1.29 is 76.4 Å². The number of likely N-dealkylation sites (N-methyl/N-ethyl adjacent to an activating group) is 3. The molecule has 6 atom stereocenters. The predicted octanol–water partition coefficient (Wildman–Crippen LogP) is 6.86. The van der Waals surface area contributed by atoms with E-state index < -0.39 is 132 Å². The van der Waals surface area contributed by atoms with E-state index >= 15 is 4.79 Å². The summed E-state index contributed by atoms with van der Waals surface area (Å²) in [4.78, 5) is 163. The molecule has 91 heavy (non-hydrogen) atoms. The van der Waals surface area contributed by atoms with Crippen LogP contribution in [0.15, 0.2) is 84.9 Å². The molecule has 2 bridgehead atoms. The highest BCUT2D eigenvalue weighted by Crippen LogP contribution is 2.34. The zero-order valence-electron chi connectivity index (χ0n) is 54.7. The van der Waals surface area contributed by atoms with Gasteiger partial charge in [0.25, 0.3) is 5.91 Å². The summed E-state index contributed by atoms with van der Waals surface area (Å²) in [6, 6.07) is 14.1. The normalized spacial score (nSPS) is 23.0. The Balaban J connectivity index is 1.35. The first-order valence-corrected chi connectivity index (χ1v) is 31.2.